The highest BCUT2D eigenvalue weighted by Crippen LogP contribution is 2.02. The topological polar surface area (TPSA) is 12.9 Å². The number of hydrogen-bond acceptors (Lipinski definition) is 1. The molecular weight excluding hydrogens is 146 g/mol. The molecule has 0 N–H and O–H groups in total. The van der Waals surface area contributed by atoms with E-state index in [1.807, 2.05) is 19.3 Å². The average molecular weight is 156 g/mol. The van der Waals surface area contributed by atoms with Crippen molar-refractivity contribution in [3.8, 4) is 0 Å². The normalized spacial score (nSPS) is 9.80. The van der Waals surface area contributed by atoms with Gasteiger partial charge in [0.25, 0.3) is 0 Å². The minimum absolute atomic E-state index is 0.672. The van der Waals surface area contributed by atoms with Crippen molar-refractivity contribution in [1.82, 2.24) is 4.98 Å². The van der Waals surface area contributed by atoms with Gasteiger partial charge in [-0.1, -0.05) is 6.07 Å². The number of nitrogens with zero attached hydrogens (tertiary/aromatic N) is 1. The van der Waals surface area contributed by atoms with Gasteiger partial charge in [0.05, 0.1) is 0 Å². The standard InChI is InChI=1S/C8H10ClN/c1-7-4-8(2-3-9)6-10-5-7/h4-6H,2-3H2,1H3. The summed E-state index contributed by atoms with van der Waals surface area (Å²) in [6, 6.07) is 2.11. The van der Waals surface area contributed by atoms with Crippen molar-refractivity contribution in [2.75, 3.05) is 5.88 Å². The smallest absolute Gasteiger partial charge is 0.0300 e. The van der Waals surface area contributed by atoms with E-state index in [9.17, 15) is 0 Å². The Morgan fingerprint density at radius 2 is 2.30 bits per heavy atom. The van der Waals surface area contributed by atoms with Crippen LogP contribution in [0.25, 0.3) is 0 Å². The van der Waals surface area contributed by atoms with Gasteiger partial charge in [0.1, 0.15) is 0 Å². The van der Waals surface area contributed by atoms with Gasteiger partial charge in [-0.2, -0.15) is 0 Å². The van der Waals surface area contributed by atoms with E-state index in [4.69, 9.17) is 11.6 Å². The fraction of sp³-hybridized carbons (Fsp3) is 0.375. The average Bonchev–Trinajstić information content (AvgIpc) is 1.88. The fourth-order valence-electron chi connectivity index (χ4n) is 0.863. The van der Waals surface area contributed by atoms with E-state index in [2.05, 4.69) is 11.1 Å². The van der Waals surface area contributed by atoms with Crippen LogP contribution < -0.4 is 0 Å². The lowest BCUT2D eigenvalue weighted by molar-refractivity contribution is 1.10. The molecule has 2 heteroatoms. The highest BCUT2D eigenvalue weighted by atomic mass is 35.5. The molecule has 1 nitrogen and oxygen atoms in total. The minimum Gasteiger partial charge on any atom is -0.264 e. The summed E-state index contributed by atoms with van der Waals surface area (Å²) in [4.78, 5) is 4.04. The summed E-state index contributed by atoms with van der Waals surface area (Å²) in [5.74, 6) is 0.672. The summed E-state index contributed by atoms with van der Waals surface area (Å²) in [7, 11) is 0. The van der Waals surface area contributed by atoms with Crippen molar-refractivity contribution in [2.45, 2.75) is 13.3 Å². The van der Waals surface area contributed by atoms with Gasteiger partial charge in [-0.25, -0.2) is 0 Å². The summed E-state index contributed by atoms with van der Waals surface area (Å²) in [5.41, 5.74) is 2.41. The number of halogens is 1. The maximum Gasteiger partial charge on any atom is 0.0300 e. The van der Waals surface area contributed by atoms with Crippen LogP contribution in [-0.2, 0) is 6.42 Å². The highest BCUT2D eigenvalue weighted by Gasteiger charge is 1.90. The van der Waals surface area contributed by atoms with Crippen LogP contribution in [0.3, 0.4) is 0 Å². The molecule has 0 aliphatic rings. The lowest BCUT2D eigenvalue weighted by Crippen LogP contribution is -1.87. The Bertz CT molecular complexity index is 210. The molecule has 54 valence electrons. The summed E-state index contributed by atoms with van der Waals surface area (Å²) in [6.07, 6.45) is 4.61. The van der Waals surface area contributed by atoms with Crippen molar-refractivity contribution in [1.29, 1.82) is 0 Å². The van der Waals surface area contributed by atoms with Gasteiger partial charge >= 0.3 is 0 Å². The zero-order valence-corrected chi connectivity index (χ0v) is 6.73. The Hall–Kier alpha value is -0.560. The lowest BCUT2D eigenvalue weighted by atomic mass is 10.2. The first kappa shape index (κ1) is 7.55. The van der Waals surface area contributed by atoms with E-state index in [0.717, 1.165) is 6.42 Å². The van der Waals surface area contributed by atoms with Gasteiger partial charge < -0.3 is 0 Å². The number of pyridine rings is 1. The number of rotatable bonds is 2. The zero-order chi connectivity index (χ0) is 7.40. The van der Waals surface area contributed by atoms with Crippen molar-refractivity contribution in [2.24, 2.45) is 0 Å². The Kier molecular flexibility index (Phi) is 2.69. The first-order chi connectivity index (χ1) is 4.83. The summed E-state index contributed by atoms with van der Waals surface area (Å²) in [5, 5.41) is 0. The first-order valence-corrected chi connectivity index (χ1v) is 3.83. The summed E-state index contributed by atoms with van der Waals surface area (Å²) in [6.45, 7) is 2.03. The molecule has 0 saturated heterocycles. The maximum atomic E-state index is 5.56. The largest absolute Gasteiger partial charge is 0.264 e. The number of aryl methyl sites for hydroxylation is 2. The Labute approximate surface area is 66.0 Å². The predicted molar refractivity (Wildman–Crippen MR) is 43.4 cm³/mol. The molecule has 0 aliphatic carbocycles. The van der Waals surface area contributed by atoms with Crippen LogP contribution >= 0.6 is 11.6 Å². The Morgan fingerprint density at radius 1 is 1.50 bits per heavy atom. The van der Waals surface area contributed by atoms with Crippen LogP contribution in [0.5, 0.6) is 0 Å². The summed E-state index contributed by atoms with van der Waals surface area (Å²) >= 11 is 5.56. The minimum atomic E-state index is 0.672. The number of aromatic nitrogens is 1. The van der Waals surface area contributed by atoms with E-state index in [-0.39, 0.29) is 0 Å². The van der Waals surface area contributed by atoms with Crippen molar-refractivity contribution < 1.29 is 0 Å². The van der Waals surface area contributed by atoms with Crippen LogP contribution in [-0.4, -0.2) is 10.9 Å². The van der Waals surface area contributed by atoms with E-state index in [0.29, 0.717) is 5.88 Å². The fourth-order valence-corrected chi connectivity index (χ4v) is 1.08. The molecule has 1 aromatic heterocycles. The van der Waals surface area contributed by atoms with E-state index in [1.165, 1.54) is 11.1 Å². The SMILES string of the molecule is Cc1cncc(CCCl)c1. The molecule has 10 heavy (non-hydrogen) atoms. The highest BCUT2D eigenvalue weighted by molar-refractivity contribution is 6.17. The second kappa shape index (κ2) is 3.57. The Morgan fingerprint density at radius 3 is 2.90 bits per heavy atom. The van der Waals surface area contributed by atoms with Crippen molar-refractivity contribution in [3.05, 3.63) is 29.6 Å². The molecule has 0 bridgehead atoms. The third kappa shape index (κ3) is 1.99. The van der Waals surface area contributed by atoms with Gasteiger partial charge in [0.15, 0.2) is 0 Å². The van der Waals surface area contributed by atoms with E-state index < -0.39 is 0 Å². The van der Waals surface area contributed by atoms with Crippen LogP contribution in [0.4, 0.5) is 0 Å². The molecule has 1 aromatic rings. The molecule has 0 aromatic carbocycles. The first-order valence-electron chi connectivity index (χ1n) is 3.29. The quantitative estimate of drug-likeness (QED) is 0.597. The molecular formula is C8H10ClN. The van der Waals surface area contributed by atoms with Crippen LogP contribution in [0.2, 0.25) is 0 Å². The molecule has 0 aliphatic heterocycles. The van der Waals surface area contributed by atoms with Gasteiger partial charge in [0.2, 0.25) is 0 Å². The number of alkyl halides is 1. The van der Waals surface area contributed by atoms with Crippen LogP contribution in [0.15, 0.2) is 18.5 Å². The molecule has 0 radical (unpaired) electrons. The van der Waals surface area contributed by atoms with Crippen LogP contribution in [0.1, 0.15) is 11.1 Å². The maximum absolute atomic E-state index is 5.56. The van der Waals surface area contributed by atoms with E-state index in [1.54, 1.807) is 0 Å². The zero-order valence-electron chi connectivity index (χ0n) is 5.97. The Balaban J connectivity index is 2.75. The monoisotopic (exact) mass is 155 g/mol. The molecule has 0 spiro atoms. The third-order valence-corrected chi connectivity index (χ3v) is 1.50. The van der Waals surface area contributed by atoms with Gasteiger partial charge in [-0.05, 0) is 24.5 Å². The third-order valence-electron chi connectivity index (χ3n) is 1.31. The molecule has 0 unspecified atom stereocenters. The van der Waals surface area contributed by atoms with Gasteiger partial charge in [0, 0.05) is 18.3 Å². The van der Waals surface area contributed by atoms with Gasteiger partial charge in [-0.3, -0.25) is 4.98 Å². The lowest BCUT2D eigenvalue weighted by Gasteiger charge is -1.96. The molecule has 1 heterocycles. The van der Waals surface area contributed by atoms with E-state index >= 15 is 0 Å². The molecule has 0 amide bonds. The molecule has 0 fully saturated rings. The van der Waals surface area contributed by atoms with Crippen molar-refractivity contribution >= 4 is 11.6 Å². The van der Waals surface area contributed by atoms with Crippen LogP contribution in [0, 0.1) is 6.92 Å². The summed E-state index contributed by atoms with van der Waals surface area (Å²) < 4.78 is 0. The van der Waals surface area contributed by atoms with Gasteiger partial charge in [-0.15, -0.1) is 11.6 Å². The molecule has 0 saturated carbocycles. The number of hydrogen-bond donors (Lipinski definition) is 0. The van der Waals surface area contributed by atoms with Crippen molar-refractivity contribution in [3.63, 3.8) is 0 Å². The molecule has 0 atom stereocenters. The molecule has 1 rings (SSSR count). The predicted octanol–water partition coefficient (Wildman–Crippen LogP) is 2.17. The second-order valence-corrected chi connectivity index (χ2v) is 2.69. The second-order valence-electron chi connectivity index (χ2n) is 2.31.